The predicted octanol–water partition coefficient (Wildman–Crippen LogP) is 2.45. The Morgan fingerprint density at radius 2 is 1.65 bits per heavy atom. The zero-order chi connectivity index (χ0) is 16.5. The lowest BCUT2D eigenvalue weighted by Gasteiger charge is -2.08. The number of halogens is 1. The van der Waals surface area contributed by atoms with Gasteiger partial charge in [0.15, 0.2) is 11.6 Å². The van der Waals surface area contributed by atoms with Crippen LogP contribution in [0.25, 0.3) is 0 Å². The van der Waals surface area contributed by atoms with Crippen molar-refractivity contribution in [2.24, 2.45) is 0 Å². The maximum Gasteiger partial charge on any atom is 0.269 e. The average molecular weight is 316 g/mol. The molecule has 5 nitrogen and oxygen atoms in total. The second kappa shape index (κ2) is 8.53. The lowest BCUT2D eigenvalue weighted by Crippen LogP contribution is -2.41. The van der Waals surface area contributed by atoms with Crippen molar-refractivity contribution in [2.75, 3.05) is 6.61 Å². The average Bonchev–Trinajstić information content (AvgIpc) is 2.59. The number of carbonyl (C=O) groups is 2. The summed E-state index contributed by atoms with van der Waals surface area (Å²) in [7, 11) is 0. The van der Waals surface area contributed by atoms with E-state index in [1.165, 1.54) is 12.1 Å². The van der Waals surface area contributed by atoms with E-state index in [0.29, 0.717) is 12.0 Å². The third-order valence-corrected chi connectivity index (χ3v) is 2.99. The number of hydrazine groups is 1. The fourth-order valence-corrected chi connectivity index (χ4v) is 1.83. The van der Waals surface area contributed by atoms with Crippen LogP contribution in [-0.2, 0) is 4.79 Å². The van der Waals surface area contributed by atoms with Crippen LogP contribution in [0.5, 0.6) is 5.75 Å². The minimum absolute atomic E-state index is 0.156. The Morgan fingerprint density at radius 1 is 0.957 bits per heavy atom. The second-order valence-corrected chi connectivity index (χ2v) is 4.75. The SMILES string of the molecule is O=C(CCCOc1ccccc1F)NNC(=O)c1ccccc1. The van der Waals surface area contributed by atoms with E-state index in [1.807, 2.05) is 0 Å². The summed E-state index contributed by atoms with van der Waals surface area (Å²) in [5, 5.41) is 0. The van der Waals surface area contributed by atoms with Crippen molar-refractivity contribution in [3.05, 3.63) is 66.0 Å². The van der Waals surface area contributed by atoms with Crippen molar-refractivity contribution in [3.8, 4) is 5.75 Å². The second-order valence-electron chi connectivity index (χ2n) is 4.75. The van der Waals surface area contributed by atoms with Gasteiger partial charge in [0.25, 0.3) is 5.91 Å². The lowest BCUT2D eigenvalue weighted by molar-refractivity contribution is -0.122. The van der Waals surface area contributed by atoms with Crippen LogP contribution >= 0.6 is 0 Å². The molecule has 2 N–H and O–H groups in total. The maximum atomic E-state index is 13.3. The molecule has 0 saturated carbocycles. The van der Waals surface area contributed by atoms with Gasteiger partial charge < -0.3 is 4.74 Å². The Kier molecular flexibility index (Phi) is 6.11. The molecule has 0 heterocycles. The molecule has 0 radical (unpaired) electrons. The monoisotopic (exact) mass is 316 g/mol. The minimum Gasteiger partial charge on any atom is -0.491 e. The van der Waals surface area contributed by atoms with E-state index in [1.54, 1.807) is 42.5 Å². The topological polar surface area (TPSA) is 67.4 Å². The molecule has 0 aromatic heterocycles. The van der Waals surface area contributed by atoms with Crippen molar-refractivity contribution in [2.45, 2.75) is 12.8 Å². The summed E-state index contributed by atoms with van der Waals surface area (Å²) in [6.45, 7) is 0.209. The van der Waals surface area contributed by atoms with Crippen LogP contribution in [0.1, 0.15) is 23.2 Å². The Bertz CT molecular complexity index is 662. The molecule has 0 bridgehead atoms. The van der Waals surface area contributed by atoms with Crippen LogP contribution in [0.2, 0.25) is 0 Å². The van der Waals surface area contributed by atoms with Gasteiger partial charge in [0.1, 0.15) is 0 Å². The highest BCUT2D eigenvalue weighted by molar-refractivity contribution is 5.95. The quantitative estimate of drug-likeness (QED) is 0.635. The highest BCUT2D eigenvalue weighted by atomic mass is 19.1. The fraction of sp³-hybridized carbons (Fsp3) is 0.176. The first kappa shape index (κ1) is 16.5. The minimum atomic E-state index is -0.438. The van der Waals surface area contributed by atoms with Crippen molar-refractivity contribution < 1.29 is 18.7 Å². The molecule has 0 fully saturated rings. The van der Waals surface area contributed by atoms with E-state index in [4.69, 9.17) is 4.74 Å². The molecule has 0 aliphatic heterocycles. The fourth-order valence-electron chi connectivity index (χ4n) is 1.83. The van der Waals surface area contributed by atoms with Gasteiger partial charge >= 0.3 is 0 Å². The van der Waals surface area contributed by atoms with Crippen LogP contribution in [-0.4, -0.2) is 18.4 Å². The zero-order valence-corrected chi connectivity index (χ0v) is 12.4. The standard InChI is InChI=1S/C17H17FN2O3/c18-14-9-4-5-10-15(14)23-12-6-11-16(21)19-20-17(22)13-7-2-1-3-8-13/h1-5,7-10H,6,11-12H2,(H,19,21)(H,20,22). The molecule has 0 spiro atoms. The first-order valence-electron chi connectivity index (χ1n) is 7.18. The van der Waals surface area contributed by atoms with E-state index in [2.05, 4.69) is 10.9 Å². The normalized spacial score (nSPS) is 9.96. The number of benzene rings is 2. The number of hydrogen-bond donors (Lipinski definition) is 2. The molecule has 23 heavy (non-hydrogen) atoms. The molecule has 0 unspecified atom stereocenters. The van der Waals surface area contributed by atoms with Crippen molar-refractivity contribution in [1.82, 2.24) is 10.9 Å². The first-order chi connectivity index (χ1) is 11.2. The van der Waals surface area contributed by atoms with Gasteiger partial charge in [-0.3, -0.25) is 20.4 Å². The molecule has 0 saturated heterocycles. The summed E-state index contributed by atoms with van der Waals surface area (Å²) in [6, 6.07) is 14.6. The molecule has 2 aromatic rings. The van der Waals surface area contributed by atoms with Crippen LogP contribution in [0.3, 0.4) is 0 Å². The Balaban J connectivity index is 1.64. The predicted molar refractivity (Wildman–Crippen MR) is 83.2 cm³/mol. The number of hydrogen-bond acceptors (Lipinski definition) is 3. The smallest absolute Gasteiger partial charge is 0.269 e. The zero-order valence-electron chi connectivity index (χ0n) is 12.4. The molecule has 2 rings (SSSR count). The van der Waals surface area contributed by atoms with Crippen molar-refractivity contribution in [1.29, 1.82) is 0 Å². The largest absolute Gasteiger partial charge is 0.491 e. The van der Waals surface area contributed by atoms with Gasteiger partial charge in [-0.25, -0.2) is 4.39 Å². The Labute approximate surface area is 133 Å². The summed E-state index contributed by atoms with van der Waals surface area (Å²) in [5.41, 5.74) is 5.10. The maximum absolute atomic E-state index is 13.3. The van der Waals surface area contributed by atoms with E-state index in [0.717, 1.165) is 0 Å². The Hall–Kier alpha value is -2.89. The molecular formula is C17H17FN2O3. The van der Waals surface area contributed by atoms with Gasteiger partial charge in [-0.2, -0.15) is 0 Å². The Morgan fingerprint density at radius 3 is 2.39 bits per heavy atom. The number of rotatable bonds is 6. The molecule has 0 atom stereocenters. The van der Waals surface area contributed by atoms with Gasteiger partial charge in [-0.1, -0.05) is 30.3 Å². The van der Waals surface area contributed by atoms with E-state index < -0.39 is 5.82 Å². The number of nitrogens with one attached hydrogen (secondary N) is 2. The lowest BCUT2D eigenvalue weighted by atomic mass is 10.2. The van der Waals surface area contributed by atoms with Gasteiger partial charge in [-0.05, 0) is 30.7 Å². The summed E-state index contributed by atoms with van der Waals surface area (Å²) in [4.78, 5) is 23.3. The number of amides is 2. The molecule has 2 aromatic carbocycles. The van der Waals surface area contributed by atoms with Crippen LogP contribution in [0.15, 0.2) is 54.6 Å². The molecule has 0 aliphatic rings. The van der Waals surface area contributed by atoms with Gasteiger partial charge in [0, 0.05) is 12.0 Å². The number of carbonyl (C=O) groups excluding carboxylic acids is 2. The van der Waals surface area contributed by atoms with E-state index in [9.17, 15) is 14.0 Å². The summed E-state index contributed by atoms with van der Waals surface area (Å²) >= 11 is 0. The van der Waals surface area contributed by atoms with E-state index in [-0.39, 0.29) is 30.6 Å². The molecular weight excluding hydrogens is 299 g/mol. The highest BCUT2D eigenvalue weighted by Gasteiger charge is 2.07. The summed E-state index contributed by atoms with van der Waals surface area (Å²) in [6.07, 6.45) is 0.560. The highest BCUT2D eigenvalue weighted by Crippen LogP contribution is 2.15. The number of ether oxygens (including phenoxy) is 1. The third-order valence-electron chi connectivity index (χ3n) is 2.99. The van der Waals surface area contributed by atoms with Gasteiger partial charge in [-0.15, -0.1) is 0 Å². The first-order valence-corrected chi connectivity index (χ1v) is 7.18. The van der Waals surface area contributed by atoms with E-state index >= 15 is 0 Å². The molecule has 6 heteroatoms. The van der Waals surface area contributed by atoms with Gasteiger partial charge in [0.2, 0.25) is 5.91 Å². The summed E-state index contributed by atoms with van der Waals surface area (Å²) in [5.74, 6) is -1.01. The van der Waals surface area contributed by atoms with Gasteiger partial charge in [0.05, 0.1) is 6.61 Å². The summed E-state index contributed by atoms with van der Waals surface area (Å²) < 4.78 is 18.5. The molecule has 120 valence electrons. The third kappa shape index (κ3) is 5.43. The van der Waals surface area contributed by atoms with Crippen molar-refractivity contribution >= 4 is 11.8 Å². The van der Waals surface area contributed by atoms with Crippen molar-refractivity contribution in [3.63, 3.8) is 0 Å². The van der Waals surface area contributed by atoms with Crippen LogP contribution < -0.4 is 15.6 Å². The van der Waals surface area contributed by atoms with Crippen LogP contribution in [0, 0.1) is 5.82 Å². The molecule has 0 aliphatic carbocycles. The molecule has 2 amide bonds. The van der Waals surface area contributed by atoms with Crippen LogP contribution in [0.4, 0.5) is 4.39 Å². The number of para-hydroxylation sites is 1.